The number of rotatable bonds is 0. The molecule has 0 radical (unpaired) electrons. The molecule has 1 saturated heterocycles. The van der Waals surface area contributed by atoms with Crippen LogP contribution < -0.4 is 0 Å². The highest BCUT2D eigenvalue weighted by Crippen LogP contribution is 2.06. The summed E-state index contributed by atoms with van der Waals surface area (Å²) in [6.07, 6.45) is 0. The Labute approximate surface area is 68.7 Å². The number of amides is 1. The summed E-state index contributed by atoms with van der Waals surface area (Å²) in [6.45, 7) is 0. The smallest absolute Gasteiger partial charge is 0.298 e. The first-order chi connectivity index (χ1) is 5.09. The predicted molar refractivity (Wildman–Crippen MR) is 41.1 cm³/mol. The van der Waals surface area contributed by atoms with E-state index in [0.29, 0.717) is 0 Å². The lowest BCUT2D eigenvalue weighted by Crippen LogP contribution is -2.33. The van der Waals surface area contributed by atoms with E-state index in [0.717, 1.165) is 0 Å². The molecule has 1 fully saturated rings. The van der Waals surface area contributed by atoms with E-state index in [-0.39, 0.29) is 17.0 Å². The molecule has 1 heterocycles. The van der Waals surface area contributed by atoms with Crippen molar-refractivity contribution in [3.8, 4) is 0 Å². The van der Waals surface area contributed by atoms with Crippen LogP contribution in [0.15, 0.2) is 5.16 Å². The molecular formula is C5H10N4O3. The largest absolute Gasteiger partial charge is 0.412 e. The molecule has 0 bridgehead atoms. The van der Waals surface area contributed by atoms with Gasteiger partial charge in [0.1, 0.15) is 0 Å². The van der Waals surface area contributed by atoms with Gasteiger partial charge in [-0.2, -0.15) is 0 Å². The van der Waals surface area contributed by atoms with Crippen molar-refractivity contribution < 1.29 is 15.5 Å². The summed E-state index contributed by atoms with van der Waals surface area (Å²) in [5, 5.41) is 20.8. The van der Waals surface area contributed by atoms with Gasteiger partial charge in [0, 0.05) is 14.1 Å². The number of hydrogen-bond acceptors (Lipinski definition) is 4. The van der Waals surface area contributed by atoms with Gasteiger partial charge in [-0.15, -0.1) is 0 Å². The SMILES string of the molecule is CN1C(=N)C(=NO)C(=O)N1C.O. The number of nitrogens with one attached hydrogen (secondary N) is 1. The lowest BCUT2D eigenvalue weighted by atomic mass is 10.3. The summed E-state index contributed by atoms with van der Waals surface area (Å²) in [4.78, 5) is 11.0. The maximum atomic E-state index is 11.0. The van der Waals surface area contributed by atoms with Crippen LogP contribution in [0.4, 0.5) is 0 Å². The standard InChI is InChI=1S/C5H8N4O2.H2O/c1-8-4(6)3(7-11)5(10)9(8)2;/h6,11H,1-2H3;1H2. The van der Waals surface area contributed by atoms with E-state index in [4.69, 9.17) is 10.6 Å². The molecule has 7 nitrogen and oxygen atoms in total. The highest BCUT2D eigenvalue weighted by molar-refractivity contribution is 6.67. The number of carbonyl (C=O) groups excluding carboxylic acids is 1. The van der Waals surface area contributed by atoms with Crippen molar-refractivity contribution in [3.63, 3.8) is 0 Å². The van der Waals surface area contributed by atoms with Crippen molar-refractivity contribution in [1.29, 1.82) is 5.41 Å². The van der Waals surface area contributed by atoms with E-state index in [1.165, 1.54) is 17.1 Å². The molecule has 1 aliphatic rings. The Balaban J connectivity index is 0.00000121. The number of hydrogen-bond donors (Lipinski definition) is 2. The second kappa shape index (κ2) is 3.18. The van der Waals surface area contributed by atoms with Crippen LogP contribution in [-0.4, -0.2) is 52.3 Å². The highest BCUT2D eigenvalue weighted by atomic mass is 16.4. The third-order valence-electron chi connectivity index (χ3n) is 1.59. The first kappa shape index (κ1) is 10.4. The molecule has 1 aliphatic heterocycles. The molecule has 68 valence electrons. The van der Waals surface area contributed by atoms with E-state index < -0.39 is 5.91 Å². The number of carbonyl (C=O) groups is 1. The zero-order chi connectivity index (χ0) is 8.59. The van der Waals surface area contributed by atoms with Gasteiger partial charge in [0.25, 0.3) is 5.91 Å². The molecule has 1 amide bonds. The van der Waals surface area contributed by atoms with E-state index in [1.807, 2.05) is 0 Å². The Hall–Kier alpha value is -1.63. The summed E-state index contributed by atoms with van der Waals surface area (Å²) in [5.41, 5.74) is -0.227. The monoisotopic (exact) mass is 174 g/mol. The number of nitrogens with zero attached hydrogens (tertiary/aromatic N) is 3. The van der Waals surface area contributed by atoms with Crippen LogP contribution >= 0.6 is 0 Å². The third kappa shape index (κ3) is 1.10. The number of amidine groups is 1. The Morgan fingerprint density at radius 3 is 2.08 bits per heavy atom. The lowest BCUT2D eigenvalue weighted by Gasteiger charge is -2.18. The molecule has 0 aromatic rings. The molecular weight excluding hydrogens is 164 g/mol. The minimum atomic E-state index is -0.472. The van der Waals surface area contributed by atoms with Gasteiger partial charge in [0.15, 0.2) is 5.84 Å². The summed E-state index contributed by atoms with van der Waals surface area (Å²) in [7, 11) is 3.04. The fraction of sp³-hybridized carbons (Fsp3) is 0.400. The van der Waals surface area contributed by atoms with Gasteiger partial charge in [-0.05, 0) is 0 Å². The fourth-order valence-electron chi connectivity index (χ4n) is 0.784. The normalized spacial score (nSPS) is 20.3. The molecule has 12 heavy (non-hydrogen) atoms. The van der Waals surface area contributed by atoms with Crippen LogP contribution in [0.2, 0.25) is 0 Å². The van der Waals surface area contributed by atoms with Crippen LogP contribution in [0.1, 0.15) is 0 Å². The zero-order valence-corrected chi connectivity index (χ0v) is 6.70. The van der Waals surface area contributed by atoms with Crippen LogP contribution in [0, 0.1) is 5.41 Å². The van der Waals surface area contributed by atoms with Gasteiger partial charge >= 0.3 is 0 Å². The van der Waals surface area contributed by atoms with Crippen LogP contribution in [-0.2, 0) is 4.79 Å². The van der Waals surface area contributed by atoms with Crippen molar-refractivity contribution in [2.24, 2.45) is 5.16 Å². The minimum Gasteiger partial charge on any atom is -0.412 e. The summed E-state index contributed by atoms with van der Waals surface area (Å²) in [6, 6.07) is 0. The van der Waals surface area contributed by atoms with Crippen LogP contribution in [0.25, 0.3) is 0 Å². The molecule has 0 aromatic carbocycles. The average molecular weight is 174 g/mol. The van der Waals surface area contributed by atoms with Crippen LogP contribution in [0.5, 0.6) is 0 Å². The maximum Gasteiger partial charge on any atom is 0.298 e. The fourth-order valence-corrected chi connectivity index (χ4v) is 0.784. The Morgan fingerprint density at radius 1 is 1.42 bits per heavy atom. The lowest BCUT2D eigenvalue weighted by molar-refractivity contribution is -0.128. The van der Waals surface area contributed by atoms with Crippen molar-refractivity contribution in [2.45, 2.75) is 0 Å². The van der Waals surface area contributed by atoms with E-state index in [2.05, 4.69) is 5.16 Å². The molecule has 7 heteroatoms. The second-order valence-electron chi connectivity index (χ2n) is 2.15. The minimum absolute atomic E-state index is 0. The highest BCUT2D eigenvalue weighted by Gasteiger charge is 2.35. The van der Waals surface area contributed by atoms with Crippen molar-refractivity contribution in [3.05, 3.63) is 0 Å². The van der Waals surface area contributed by atoms with Gasteiger partial charge in [0.05, 0.1) is 0 Å². The zero-order valence-electron chi connectivity index (χ0n) is 6.70. The van der Waals surface area contributed by atoms with Gasteiger partial charge < -0.3 is 10.7 Å². The number of hydrazine groups is 1. The third-order valence-corrected chi connectivity index (χ3v) is 1.59. The maximum absolute atomic E-state index is 11.0. The average Bonchev–Trinajstić information content (AvgIpc) is 2.17. The Bertz CT molecular complexity index is 227. The summed E-state index contributed by atoms with van der Waals surface area (Å²) < 4.78 is 0. The van der Waals surface area contributed by atoms with E-state index in [1.54, 1.807) is 7.05 Å². The second-order valence-corrected chi connectivity index (χ2v) is 2.15. The van der Waals surface area contributed by atoms with Gasteiger partial charge in [0.2, 0.25) is 5.71 Å². The molecule has 0 aliphatic carbocycles. The molecule has 1 rings (SSSR count). The molecule has 0 spiro atoms. The van der Waals surface area contributed by atoms with Gasteiger partial charge in [-0.1, -0.05) is 5.16 Å². The molecule has 0 unspecified atom stereocenters. The Morgan fingerprint density at radius 2 is 1.92 bits per heavy atom. The van der Waals surface area contributed by atoms with Crippen molar-refractivity contribution in [2.75, 3.05) is 14.1 Å². The quantitative estimate of drug-likeness (QED) is 0.336. The molecule has 0 atom stereocenters. The first-order valence-electron chi connectivity index (χ1n) is 2.92. The molecule has 0 aromatic heterocycles. The summed E-state index contributed by atoms with van der Waals surface area (Å²) >= 11 is 0. The first-order valence-corrected chi connectivity index (χ1v) is 2.92. The summed E-state index contributed by atoms with van der Waals surface area (Å²) in [5.74, 6) is -0.569. The predicted octanol–water partition coefficient (Wildman–Crippen LogP) is -1.71. The van der Waals surface area contributed by atoms with Crippen molar-refractivity contribution >= 4 is 17.5 Å². The van der Waals surface area contributed by atoms with Gasteiger partial charge in [-0.25, -0.2) is 0 Å². The Kier molecular flexibility index (Phi) is 2.75. The number of oxime groups is 1. The van der Waals surface area contributed by atoms with E-state index in [9.17, 15) is 4.79 Å². The molecule has 4 N–H and O–H groups in total. The topological polar surface area (TPSA) is 111 Å². The van der Waals surface area contributed by atoms with Gasteiger partial charge in [-0.3, -0.25) is 20.2 Å². The van der Waals surface area contributed by atoms with E-state index >= 15 is 0 Å². The molecule has 0 saturated carbocycles. The van der Waals surface area contributed by atoms with Crippen LogP contribution in [0.3, 0.4) is 0 Å². The van der Waals surface area contributed by atoms with Crippen molar-refractivity contribution in [1.82, 2.24) is 10.0 Å².